The first kappa shape index (κ1) is 19.4. The maximum Gasteiger partial charge on any atom is 0.253 e. The maximum atomic E-state index is 12.6. The lowest BCUT2D eigenvalue weighted by molar-refractivity contribution is 0.0714. The highest BCUT2D eigenvalue weighted by Gasteiger charge is 2.21. The summed E-state index contributed by atoms with van der Waals surface area (Å²) in [4.78, 5) is 14.5. The third kappa shape index (κ3) is 5.10. The summed E-state index contributed by atoms with van der Waals surface area (Å²) < 4.78 is 5.88. The van der Waals surface area contributed by atoms with Gasteiger partial charge in [0.1, 0.15) is 12.4 Å². The summed E-state index contributed by atoms with van der Waals surface area (Å²) >= 11 is 0. The van der Waals surface area contributed by atoms with E-state index in [1.54, 1.807) is 0 Å². The third-order valence-electron chi connectivity index (χ3n) is 5.15. The molecule has 0 spiro atoms. The number of carbonyl (C=O) groups excluding carboxylic acids is 1. The van der Waals surface area contributed by atoms with E-state index < -0.39 is 0 Å². The van der Waals surface area contributed by atoms with E-state index in [0.717, 1.165) is 42.8 Å². The van der Waals surface area contributed by atoms with Crippen LogP contribution in [0.2, 0.25) is 0 Å². The van der Waals surface area contributed by atoms with Crippen LogP contribution in [0.1, 0.15) is 55.1 Å². The van der Waals surface area contributed by atoms with E-state index in [2.05, 4.69) is 32.9 Å². The zero-order valence-corrected chi connectivity index (χ0v) is 16.6. The van der Waals surface area contributed by atoms with Gasteiger partial charge in [0.25, 0.3) is 5.91 Å². The minimum absolute atomic E-state index is 0.0899. The quantitative estimate of drug-likeness (QED) is 0.885. The summed E-state index contributed by atoms with van der Waals surface area (Å²) in [6.45, 7) is 8.57. The number of amides is 1. The second-order valence-corrected chi connectivity index (χ2v) is 8.39. The Bertz CT molecular complexity index is 752. The molecular formula is C23H30N2O2. The van der Waals surface area contributed by atoms with E-state index in [4.69, 9.17) is 10.5 Å². The topological polar surface area (TPSA) is 55.6 Å². The molecule has 0 saturated carbocycles. The van der Waals surface area contributed by atoms with E-state index in [9.17, 15) is 4.79 Å². The molecule has 2 aromatic carbocycles. The normalized spacial score (nSPS) is 15.6. The standard InChI is InChI=1S/C23H30N2O2/c1-23(2,3)19-8-10-21(11-9-19)27-16-17-4-6-18(7-5-17)22(26)25-14-12-20(24)13-15-25/h4-11,20H,12-16,24H2,1-3H3. The SMILES string of the molecule is CC(C)(C)c1ccc(OCc2ccc(C(=O)N3CCC(N)CC3)cc2)cc1. The minimum atomic E-state index is 0.0899. The van der Waals surface area contributed by atoms with Crippen LogP contribution in [0.15, 0.2) is 48.5 Å². The summed E-state index contributed by atoms with van der Waals surface area (Å²) in [5.41, 5.74) is 9.12. The average molecular weight is 367 g/mol. The van der Waals surface area contributed by atoms with Crippen LogP contribution in [0.3, 0.4) is 0 Å². The molecule has 2 N–H and O–H groups in total. The highest BCUT2D eigenvalue weighted by molar-refractivity contribution is 5.94. The molecule has 0 radical (unpaired) electrons. The summed E-state index contributed by atoms with van der Waals surface area (Å²) in [7, 11) is 0. The summed E-state index contributed by atoms with van der Waals surface area (Å²) in [6, 6.07) is 16.2. The number of nitrogens with zero attached hydrogens (tertiary/aromatic N) is 1. The molecular weight excluding hydrogens is 336 g/mol. The van der Waals surface area contributed by atoms with Crippen molar-refractivity contribution in [2.75, 3.05) is 13.1 Å². The molecule has 4 heteroatoms. The van der Waals surface area contributed by atoms with Gasteiger partial charge in [-0.05, 0) is 53.6 Å². The highest BCUT2D eigenvalue weighted by atomic mass is 16.5. The molecule has 0 aromatic heterocycles. The van der Waals surface area contributed by atoms with Crippen molar-refractivity contribution in [1.82, 2.24) is 4.90 Å². The van der Waals surface area contributed by atoms with E-state index in [-0.39, 0.29) is 17.4 Å². The van der Waals surface area contributed by atoms with Crippen LogP contribution in [0.4, 0.5) is 0 Å². The second kappa shape index (κ2) is 8.13. The van der Waals surface area contributed by atoms with Crippen LogP contribution in [-0.4, -0.2) is 29.9 Å². The van der Waals surface area contributed by atoms with Crippen molar-refractivity contribution in [3.63, 3.8) is 0 Å². The summed E-state index contributed by atoms with van der Waals surface area (Å²) in [5.74, 6) is 0.944. The van der Waals surface area contributed by atoms with Gasteiger partial charge in [0.2, 0.25) is 0 Å². The van der Waals surface area contributed by atoms with Crippen LogP contribution >= 0.6 is 0 Å². The lowest BCUT2D eigenvalue weighted by Crippen LogP contribution is -2.42. The van der Waals surface area contributed by atoms with Gasteiger partial charge in [-0.2, -0.15) is 0 Å². The van der Waals surface area contributed by atoms with Gasteiger partial charge in [0.15, 0.2) is 0 Å². The fourth-order valence-corrected chi connectivity index (χ4v) is 3.25. The van der Waals surface area contributed by atoms with Crippen molar-refractivity contribution in [1.29, 1.82) is 0 Å². The van der Waals surface area contributed by atoms with Gasteiger partial charge in [0.05, 0.1) is 0 Å². The Hall–Kier alpha value is -2.33. The Balaban J connectivity index is 1.55. The van der Waals surface area contributed by atoms with E-state index in [1.807, 2.05) is 41.3 Å². The Morgan fingerprint density at radius 2 is 1.63 bits per heavy atom. The number of hydrogen-bond acceptors (Lipinski definition) is 3. The molecule has 1 saturated heterocycles. The molecule has 0 unspecified atom stereocenters. The number of carbonyl (C=O) groups is 1. The monoisotopic (exact) mass is 366 g/mol. The van der Waals surface area contributed by atoms with Crippen LogP contribution in [0, 0.1) is 0 Å². The number of ether oxygens (including phenoxy) is 1. The van der Waals surface area contributed by atoms with Crippen LogP contribution in [0.5, 0.6) is 5.75 Å². The highest BCUT2D eigenvalue weighted by Crippen LogP contribution is 2.24. The van der Waals surface area contributed by atoms with Crippen molar-refractivity contribution in [2.45, 2.75) is 51.7 Å². The van der Waals surface area contributed by atoms with E-state index in [1.165, 1.54) is 5.56 Å². The maximum absolute atomic E-state index is 12.6. The number of rotatable bonds is 4. The minimum Gasteiger partial charge on any atom is -0.489 e. The second-order valence-electron chi connectivity index (χ2n) is 8.39. The fourth-order valence-electron chi connectivity index (χ4n) is 3.25. The molecule has 27 heavy (non-hydrogen) atoms. The van der Waals surface area contributed by atoms with Gasteiger partial charge >= 0.3 is 0 Å². The van der Waals surface area contributed by atoms with E-state index >= 15 is 0 Å². The van der Waals surface area contributed by atoms with Gasteiger partial charge in [-0.15, -0.1) is 0 Å². The van der Waals surface area contributed by atoms with Gasteiger partial charge in [-0.25, -0.2) is 0 Å². The smallest absolute Gasteiger partial charge is 0.253 e. The van der Waals surface area contributed by atoms with Crippen LogP contribution in [0.25, 0.3) is 0 Å². The number of likely N-dealkylation sites (tertiary alicyclic amines) is 1. The fraction of sp³-hybridized carbons (Fsp3) is 0.435. The van der Waals surface area contributed by atoms with Gasteiger partial charge < -0.3 is 15.4 Å². The molecule has 1 aliphatic heterocycles. The Labute approximate surface area is 162 Å². The van der Waals surface area contributed by atoms with Crippen molar-refractivity contribution in [3.8, 4) is 5.75 Å². The van der Waals surface area contributed by atoms with Crippen LogP contribution < -0.4 is 10.5 Å². The lowest BCUT2D eigenvalue weighted by Gasteiger charge is -2.30. The molecule has 1 aliphatic rings. The van der Waals surface area contributed by atoms with Crippen molar-refractivity contribution in [3.05, 3.63) is 65.2 Å². The largest absolute Gasteiger partial charge is 0.489 e. The van der Waals surface area contributed by atoms with Crippen molar-refractivity contribution >= 4 is 5.91 Å². The zero-order chi connectivity index (χ0) is 19.4. The summed E-state index contributed by atoms with van der Waals surface area (Å²) in [6.07, 6.45) is 1.76. The first-order chi connectivity index (χ1) is 12.8. The van der Waals surface area contributed by atoms with Crippen molar-refractivity contribution in [2.24, 2.45) is 5.73 Å². The molecule has 0 aliphatic carbocycles. The van der Waals surface area contributed by atoms with Gasteiger partial charge in [0, 0.05) is 24.7 Å². The van der Waals surface area contributed by atoms with Crippen LogP contribution in [-0.2, 0) is 12.0 Å². The average Bonchev–Trinajstić information content (AvgIpc) is 2.66. The predicted octanol–water partition coefficient (Wildman–Crippen LogP) is 4.13. The summed E-state index contributed by atoms with van der Waals surface area (Å²) in [5, 5.41) is 0. The Kier molecular flexibility index (Phi) is 5.85. The zero-order valence-electron chi connectivity index (χ0n) is 16.6. The molecule has 0 atom stereocenters. The molecule has 1 heterocycles. The number of piperidine rings is 1. The number of nitrogens with two attached hydrogens (primary N) is 1. The van der Waals surface area contributed by atoms with Gasteiger partial charge in [-0.3, -0.25) is 4.79 Å². The molecule has 4 nitrogen and oxygen atoms in total. The number of hydrogen-bond donors (Lipinski definition) is 1. The first-order valence-electron chi connectivity index (χ1n) is 9.70. The molecule has 144 valence electrons. The molecule has 3 rings (SSSR count). The third-order valence-corrected chi connectivity index (χ3v) is 5.15. The van der Waals surface area contributed by atoms with Gasteiger partial charge in [-0.1, -0.05) is 45.0 Å². The Morgan fingerprint density at radius 3 is 2.19 bits per heavy atom. The first-order valence-corrected chi connectivity index (χ1v) is 9.70. The lowest BCUT2D eigenvalue weighted by atomic mass is 9.87. The molecule has 0 bridgehead atoms. The van der Waals surface area contributed by atoms with Crippen molar-refractivity contribution < 1.29 is 9.53 Å². The van der Waals surface area contributed by atoms with E-state index in [0.29, 0.717) is 6.61 Å². The molecule has 1 amide bonds. The Morgan fingerprint density at radius 1 is 1.04 bits per heavy atom. The molecule has 2 aromatic rings. The predicted molar refractivity (Wildman–Crippen MR) is 109 cm³/mol. The molecule has 1 fully saturated rings. The number of benzene rings is 2.